The average Bonchev–Trinajstić information content (AvgIpc) is 2.31. The van der Waals surface area contributed by atoms with E-state index in [9.17, 15) is 9.90 Å². The minimum atomic E-state index is -0.776. The van der Waals surface area contributed by atoms with Crippen molar-refractivity contribution in [2.24, 2.45) is 7.05 Å². The van der Waals surface area contributed by atoms with Gasteiger partial charge in [0, 0.05) is 25.9 Å². The minimum absolute atomic E-state index is 0.0972. The highest BCUT2D eigenvalue weighted by molar-refractivity contribution is 5.20. The molecule has 1 rings (SSSR count). The van der Waals surface area contributed by atoms with Crippen LogP contribution in [0.5, 0.6) is 0 Å². The molecule has 4 heteroatoms. The van der Waals surface area contributed by atoms with Gasteiger partial charge in [-0.3, -0.25) is 4.79 Å². The summed E-state index contributed by atoms with van der Waals surface area (Å²) in [6.07, 6.45) is 1.78. The maximum absolute atomic E-state index is 11.2. The van der Waals surface area contributed by atoms with Gasteiger partial charge in [0.1, 0.15) is 0 Å². The van der Waals surface area contributed by atoms with E-state index in [0.29, 0.717) is 0 Å². The predicted molar refractivity (Wildman–Crippen MR) is 78.5 cm³/mol. The van der Waals surface area contributed by atoms with Gasteiger partial charge >= 0.3 is 0 Å². The summed E-state index contributed by atoms with van der Waals surface area (Å²) in [5.74, 6) is 0. The number of ether oxygens (including phenoxy) is 1. The lowest BCUT2D eigenvalue weighted by molar-refractivity contribution is -0.129. The Morgan fingerprint density at radius 1 is 1.21 bits per heavy atom. The zero-order valence-electron chi connectivity index (χ0n) is 13.4. The molecule has 0 aliphatic rings. The van der Waals surface area contributed by atoms with E-state index in [1.165, 1.54) is 0 Å². The van der Waals surface area contributed by atoms with Crippen LogP contribution in [-0.4, -0.2) is 28.0 Å². The molecule has 0 radical (unpaired) electrons. The summed E-state index contributed by atoms with van der Waals surface area (Å²) in [4.78, 5) is 11.2. The highest BCUT2D eigenvalue weighted by atomic mass is 16.5. The summed E-state index contributed by atoms with van der Waals surface area (Å²) in [6, 6.07) is 1.94. The number of hydrogen-bond donors (Lipinski definition) is 1. The molecule has 0 amide bonds. The van der Waals surface area contributed by atoms with Crippen molar-refractivity contribution in [2.75, 3.05) is 7.11 Å². The number of pyridine rings is 1. The Hall–Kier alpha value is -1.13. The molecule has 0 aliphatic carbocycles. The highest BCUT2D eigenvalue weighted by Gasteiger charge is 2.34. The van der Waals surface area contributed by atoms with Crippen LogP contribution in [-0.2, 0) is 11.8 Å². The van der Waals surface area contributed by atoms with Crippen LogP contribution in [0.1, 0.15) is 38.8 Å². The number of rotatable bonds is 2. The Labute approximate surface area is 116 Å². The van der Waals surface area contributed by atoms with Crippen molar-refractivity contribution in [3.63, 3.8) is 0 Å². The molecule has 1 N–H and O–H groups in total. The summed E-state index contributed by atoms with van der Waals surface area (Å²) < 4.78 is 6.64. The van der Waals surface area contributed by atoms with Gasteiger partial charge in [-0.25, -0.2) is 0 Å². The maximum atomic E-state index is 11.2. The first kappa shape index (κ1) is 17.9. The number of aliphatic hydroxyl groups is 1. The van der Waals surface area contributed by atoms with Gasteiger partial charge < -0.3 is 14.4 Å². The number of methoxy groups -OCH3 is 1. The molecular formula is C15H27NO3. The first-order valence-electron chi connectivity index (χ1n) is 6.34. The second kappa shape index (κ2) is 6.35. The Kier molecular flexibility index (Phi) is 5.97. The molecule has 0 saturated heterocycles. The van der Waals surface area contributed by atoms with Crippen molar-refractivity contribution in [3.05, 3.63) is 33.7 Å². The van der Waals surface area contributed by atoms with E-state index in [2.05, 4.69) is 0 Å². The molecule has 110 valence electrons. The van der Waals surface area contributed by atoms with E-state index in [-0.39, 0.29) is 5.56 Å². The Bertz CT molecular complexity index is 467. The summed E-state index contributed by atoms with van der Waals surface area (Å²) in [6.45, 7) is 11.0. The largest absolute Gasteiger partial charge is 0.387 e. The van der Waals surface area contributed by atoms with Crippen molar-refractivity contribution in [3.8, 4) is 0 Å². The maximum Gasteiger partial charge on any atom is 0.253 e. The molecular weight excluding hydrogens is 242 g/mol. The Balaban J connectivity index is 0.000000344. The van der Waals surface area contributed by atoms with Crippen LogP contribution in [0, 0.1) is 13.8 Å². The lowest BCUT2D eigenvalue weighted by Gasteiger charge is -2.35. The van der Waals surface area contributed by atoms with Crippen LogP contribution in [0.4, 0.5) is 0 Å². The fourth-order valence-electron chi connectivity index (χ4n) is 1.10. The third kappa shape index (κ3) is 4.80. The molecule has 1 heterocycles. The molecule has 0 unspecified atom stereocenters. The predicted octanol–water partition coefficient (Wildman–Crippen LogP) is 2.18. The summed E-state index contributed by atoms with van der Waals surface area (Å²) >= 11 is 0. The third-order valence-electron chi connectivity index (χ3n) is 3.76. The highest BCUT2D eigenvalue weighted by Crippen LogP contribution is 2.23. The van der Waals surface area contributed by atoms with Gasteiger partial charge in [0.25, 0.3) is 5.56 Å². The van der Waals surface area contributed by atoms with Gasteiger partial charge in [-0.2, -0.15) is 0 Å². The lowest BCUT2D eigenvalue weighted by atomic mass is 9.90. The number of aryl methyl sites for hydroxylation is 2. The number of nitrogens with zero attached hydrogens (tertiary/aromatic N) is 1. The van der Waals surface area contributed by atoms with E-state index in [0.717, 1.165) is 11.1 Å². The second-order valence-corrected chi connectivity index (χ2v) is 5.81. The number of aromatic nitrogens is 1. The summed E-state index contributed by atoms with van der Waals surface area (Å²) in [5.41, 5.74) is 0.752. The van der Waals surface area contributed by atoms with E-state index in [4.69, 9.17) is 4.74 Å². The van der Waals surface area contributed by atoms with Gasteiger partial charge in [-0.05, 0) is 53.2 Å². The lowest BCUT2D eigenvalue weighted by Crippen LogP contribution is -2.46. The molecule has 0 atom stereocenters. The van der Waals surface area contributed by atoms with Gasteiger partial charge in [0.15, 0.2) is 0 Å². The van der Waals surface area contributed by atoms with E-state index in [1.54, 1.807) is 38.8 Å². The molecule has 0 fully saturated rings. The van der Waals surface area contributed by atoms with Crippen molar-refractivity contribution >= 4 is 0 Å². The Morgan fingerprint density at radius 3 is 1.95 bits per heavy atom. The van der Waals surface area contributed by atoms with E-state index < -0.39 is 11.2 Å². The normalized spacial score (nSPS) is 11.8. The van der Waals surface area contributed by atoms with E-state index in [1.807, 2.05) is 33.8 Å². The van der Waals surface area contributed by atoms with Crippen molar-refractivity contribution in [1.29, 1.82) is 0 Å². The molecule has 0 aliphatic heterocycles. The van der Waals surface area contributed by atoms with Gasteiger partial charge in [-0.15, -0.1) is 0 Å². The van der Waals surface area contributed by atoms with Crippen LogP contribution in [0.15, 0.2) is 17.1 Å². The molecule has 1 aromatic rings. The quantitative estimate of drug-likeness (QED) is 0.895. The molecule has 19 heavy (non-hydrogen) atoms. The fraction of sp³-hybridized carbons (Fsp3) is 0.667. The number of hydrogen-bond acceptors (Lipinski definition) is 3. The zero-order valence-corrected chi connectivity index (χ0v) is 13.4. The van der Waals surface area contributed by atoms with Gasteiger partial charge in [0.2, 0.25) is 0 Å². The van der Waals surface area contributed by atoms with Crippen LogP contribution in [0.25, 0.3) is 0 Å². The second-order valence-electron chi connectivity index (χ2n) is 5.81. The Morgan fingerprint density at radius 2 is 1.68 bits per heavy atom. The van der Waals surface area contributed by atoms with Gasteiger partial charge in [0.05, 0.1) is 11.2 Å². The van der Waals surface area contributed by atoms with Crippen molar-refractivity contribution in [2.45, 2.75) is 52.7 Å². The first-order valence-corrected chi connectivity index (χ1v) is 6.34. The molecule has 4 nitrogen and oxygen atoms in total. The van der Waals surface area contributed by atoms with Crippen molar-refractivity contribution in [1.82, 2.24) is 4.57 Å². The average molecular weight is 269 g/mol. The molecule has 0 bridgehead atoms. The molecule has 0 spiro atoms. The first-order chi connectivity index (χ1) is 8.44. The third-order valence-corrected chi connectivity index (χ3v) is 3.76. The smallest absolute Gasteiger partial charge is 0.253 e. The monoisotopic (exact) mass is 269 g/mol. The van der Waals surface area contributed by atoms with Crippen LogP contribution in [0.2, 0.25) is 0 Å². The van der Waals surface area contributed by atoms with Crippen LogP contribution >= 0.6 is 0 Å². The zero-order chi connectivity index (χ0) is 15.4. The molecule has 0 aromatic carbocycles. The van der Waals surface area contributed by atoms with Crippen molar-refractivity contribution < 1.29 is 9.84 Å². The van der Waals surface area contributed by atoms with E-state index >= 15 is 0 Å². The molecule has 0 saturated carbocycles. The molecule has 1 aromatic heterocycles. The van der Waals surface area contributed by atoms with Crippen LogP contribution in [0.3, 0.4) is 0 Å². The minimum Gasteiger partial charge on any atom is -0.387 e. The van der Waals surface area contributed by atoms with Crippen LogP contribution < -0.4 is 5.56 Å². The SMILES string of the molecule is COC(C)(C)C(C)(C)O.Cc1ccn(C)c(=O)c1C. The van der Waals surface area contributed by atoms with Gasteiger partial charge in [-0.1, -0.05) is 0 Å². The topological polar surface area (TPSA) is 51.5 Å². The fourth-order valence-corrected chi connectivity index (χ4v) is 1.10. The summed E-state index contributed by atoms with van der Waals surface area (Å²) in [7, 11) is 3.35. The standard InChI is InChI=1S/C8H11NO.C7H16O2/c1-6-4-5-9(3)8(10)7(6)2;1-6(2,8)7(3,4)9-5/h4-5H,1-3H3;8H,1-5H3. The summed E-state index contributed by atoms with van der Waals surface area (Å²) in [5, 5.41) is 9.42.